The van der Waals surface area contributed by atoms with Gasteiger partial charge in [-0.25, -0.2) is 0 Å². The number of nitrogens with zero attached hydrogens (tertiary/aromatic N) is 1. The zero-order chi connectivity index (χ0) is 14.0. The molecule has 0 amide bonds. The average molecular weight is 267 g/mol. The summed E-state index contributed by atoms with van der Waals surface area (Å²) in [6.07, 6.45) is 9.47. The van der Waals surface area contributed by atoms with Crippen molar-refractivity contribution in [1.82, 2.24) is 0 Å². The number of fused-ring (bicyclic) bond motifs is 1. The van der Waals surface area contributed by atoms with Gasteiger partial charge in [0.25, 0.3) is 0 Å². The second kappa shape index (κ2) is 5.42. The van der Waals surface area contributed by atoms with E-state index in [0.29, 0.717) is 0 Å². The van der Waals surface area contributed by atoms with Crippen LogP contribution in [-0.2, 0) is 11.8 Å². The first kappa shape index (κ1) is 13.4. The van der Waals surface area contributed by atoms with Crippen LogP contribution in [0.2, 0.25) is 0 Å². The van der Waals surface area contributed by atoms with E-state index < -0.39 is 11.5 Å². The smallest absolute Gasteiger partial charge is 0.109 e. The number of allylic oxidation sites excluding steroid dienone is 2. The van der Waals surface area contributed by atoms with Gasteiger partial charge in [0.2, 0.25) is 0 Å². The lowest BCUT2D eigenvalue weighted by atomic mass is 9.63. The summed E-state index contributed by atoms with van der Waals surface area (Å²) in [6.45, 7) is 0. The van der Waals surface area contributed by atoms with Gasteiger partial charge in [-0.3, -0.25) is 0 Å². The van der Waals surface area contributed by atoms with Gasteiger partial charge in [0.05, 0.1) is 12.2 Å². The molecule has 3 unspecified atom stereocenters. The van der Waals surface area contributed by atoms with Crippen LogP contribution in [0.15, 0.2) is 36.4 Å². The number of hydrogen-bond acceptors (Lipinski definition) is 2. The maximum Gasteiger partial charge on any atom is 0.109 e. The van der Waals surface area contributed by atoms with Crippen molar-refractivity contribution in [3.05, 3.63) is 47.5 Å². The van der Waals surface area contributed by atoms with Gasteiger partial charge in [0.1, 0.15) is 5.41 Å². The summed E-state index contributed by atoms with van der Waals surface area (Å²) in [4.78, 5) is 0. The van der Waals surface area contributed by atoms with Crippen molar-refractivity contribution in [3.63, 3.8) is 0 Å². The first-order chi connectivity index (χ1) is 9.78. The van der Waals surface area contributed by atoms with E-state index in [2.05, 4.69) is 24.3 Å². The van der Waals surface area contributed by atoms with Crippen LogP contribution in [0.3, 0.4) is 0 Å². The van der Waals surface area contributed by atoms with E-state index in [1.165, 1.54) is 5.56 Å². The van der Waals surface area contributed by atoms with Gasteiger partial charge in [-0.2, -0.15) is 5.26 Å². The van der Waals surface area contributed by atoms with Crippen LogP contribution in [0.4, 0.5) is 0 Å². The van der Waals surface area contributed by atoms with Gasteiger partial charge in [-0.05, 0) is 55.6 Å². The molecule has 0 aromatic heterocycles. The highest BCUT2D eigenvalue weighted by Crippen LogP contribution is 2.43. The lowest BCUT2D eigenvalue weighted by Crippen LogP contribution is -2.45. The van der Waals surface area contributed by atoms with Gasteiger partial charge < -0.3 is 5.11 Å². The third kappa shape index (κ3) is 2.07. The van der Waals surface area contributed by atoms with Gasteiger partial charge >= 0.3 is 0 Å². The lowest BCUT2D eigenvalue weighted by Gasteiger charge is -2.41. The van der Waals surface area contributed by atoms with Gasteiger partial charge in [0, 0.05) is 0 Å². The van der Waals surface area contributed by atoms with Crippen molar-refractivity contribution in [2.75, 3.05) is 0 Å². The molecule has 0 saturated carbocycles. The molecule has 2 aliphatic carbocycles. The highest BCUT2D eigenvalue weighted by atomic mass is 16.3. The average Bonchev–Trinajstić information content (AvgIpc) is 2.54. The van der Waals surface area contributed by atoms with Crippen LogP contribution in [-0.4, -0.2) is 11.2 Å². The van der Waals surface area contributed by atoms with E-state index in [1.54, 1.807) is 0 Å². The third-order valence-electron chi connectivity index (χ3n) is 4.98. The Morgan fingerprint density at radius 3 is 2.90 bits per heavy atom. The maximum atomic E-state index is 10.9. The SMILES string of the molecule is N#CC1(C(O)C2CC=CCC2)CCCc2ccccc21. The van der Waals surface area contributed by atoms with Crippen molar-refractivity contribution in [3.8, 4) is 6.07 Å². The molecule has 2 aliphatic rings. The standard InChI is InChI=1S/C18H21NO/c19-13-18(17(20)15-8-2-1-3-9-15)12-6-10-14-7-4-5-11-16(14)18/h1-2,4-5,7,11,15,17,20H,3,6,8-10,12H2. The molecule has 104 valence electrons. The molecule has 1 aromatic rings. The molecule has 0 spiro atoms. The van der Waals surface area contributed by atoms with Crippen molar-refractivity contribution >= 4 is 0 Å². The highest BCUT2D eigenvalue weighted by molar-refractivity contribution is 5.43. The van der Waals surface area contributed by atoms with Crippen molar-refractivity contribution in [1.29, 1.82) is 5.26 Å². The predicted molar refractivity (Wildman–Crippen MR) is 79.2 cm³/mol. The van der Waals surface area contributed by atoms with E-state index in [-0.39, 0.29) is 5.92 Å². The molecule has 0 bridgehead atoms. The Bertz CT molecular complexity index is 557. The minimum atomic E-state index is -0.704. The van der Waals surface area contributed by atoms with E-state index >= 15 is 0 Å². The number of aryl methyl sites for hydroxylation is 1. The fourth-order valence-corrected chi connectivity index (χ4v) is 3.86. The Morgan fingerprint density at radius 1 is 1.30 bits per heavy atom. The number of nitriles is 1. The summed E-state index contributed by atoms with van der Waals surface area (Å²) in [7, 11) is 0. The summed E-state index contributed by atoms with van der Waals surface area (Å²) >= 11 is 0. The van der Waals surface area contributed by atoms with Crippen molar-refractivity contribution in [2.24, 2.45) is 5.92 Å². The Labute approximate surface area is 120 Å². The third-order valence-corrected chi connectivity index (χ3v) is 4.98. The molecule has 0 radical (unpaired) electrons. The highest BCUT2D eigenvalue weighted by Gasteiger charge is 2.46. The summed E-state index contributed by atoms with van der Waals surface area (Å²) in [5.74, 6) is 0.214. The molecule has 0 saturated heterocycles. The first-order valence-corrected chi connectivity index (χ1v) is 7.60. The largest absolute Gasteiger partial charge is 0.391 e. The van der Waals surface area contributed by atoms with Crippen LogP contribution in [0.25, 0.3) is 0 Å². The number of benzene rings is 1. The molecule has 3 rings (SSSR count). The molecule has 0 fully saturated rings. The van der Waals surface area contributed by atoms with E-state index in [4.69, 9.17) is 0 Å². The van der Waals surface area contributed by atoms with E-state index in [0.717, 1.165) is 44.1 Å². The summed E-state index contributed by atoms with van der Waals surface area (Å²) in [5, 5.41) is 20.8. The quantitative estimate of drug-likeness (QED) is 0.833. The van der Waals surface area contributed by atoms with Crippen molar-refractivity contribution < 1.29 is 5.11 Å². The van der Waals surface area contributed by atoms with E-state index in [9.17, 15) is 10.4 Å². The van der Waals surface area contributed by atoms with Gasteiger partial charge in [-0.1, -0.05) is 36.4 Å². The zero-order valence-electron chi connectivity index (χ0n) is 11.8. The molecule has 20 heavy (non-hydrogen) atoms. The normalized spacial score (nSPS) is 30.3. The van der Waals surface area contributed by atoms with Crippen LogP contribution in [0.1, 0.15) is 43.2 Å². The van der Waals surface area contributed by atoms with Crippen LogP contribution in [0.5, 0.6) is 0 Å². The van der Waals surface area contributed by atoms with Gasteiger partial charge in [-0.15, -0.1) is 0 Å². The Balaban J connectivity index is 2.00. The number of aliphatic hydroxyl groups is 1. The second-order valence-corrected chi connectivity index (χ2v) is 6.08. The first-order valence-electron chi connectivity index (χ1n) is 7.60. The predicted octanol–water partition coefficient (Wildman–Crippen LogP) is 3.50. The molecule has 0 aliphatic heterocycles. The number of aliphatic hydroxyl groups excluding tert-OH is 1. The Kier molecular flexibility index (Phi) is 3.63. The molecule has 1 N–H and O–H groups in total. The van der Waals surface area contributed by atoms with Crippen LogP contribution >= 0.6 is 0 Å². The Morgan fingerprint density at radius 2 is 2.15 bits per heavy atom. The summed E-state index contributed by atoms with van der Waals surface area (Å²) in [6, 6.07) is 10.7. The Hall–Kier alpha value is -1.59. The summed E-state index contributed by atoms with van der Waals surface area (Å²) < 4.78 is 0. The minimum absolute atomic E-state index is 0.214. The molecule has 1 aromatic carbocycles. The lowest BCUT2D eigenvalue weighted by molar-refractivity contribution is 0.0398. The fourth-order valence-electron chi connectivity index (χ4n) is 3.86. The zero-order valence-corrected chi connectivity index (χ0v) is 11.8. The molecule has 3 atom stereocenters. The second-order valence-electron chi connectivity index (χ2n) is 6.08. The molecule has 0 heterocycles. The number of hydrogen-bond donors (Lipinski definition) is 1. The van der Waals surface area contributed by atoms with Crippen molar-refractivity contribution in [2.45, 2.75) is 50.0 Å². The molecular weight excluding hydrogens is 246 g/mol. The fraction of sp³-hybridized carbons (Fsp3) is 0.500. The molecule has 2 nitrogen and oxygen atoms in total. The molecular formula is C18H21NO. The maximum absolute atomic E-state index is 10.9. The van der Waals surface area contributed by atoms with Crippen LogP contribution < -0.4 is 0 Å². The molecule has 2 heteroatoms. The number of rotatable bonds is 2. The van der Waals surface area contributed by atoms with Gasteiger partial charge in [0.15, 0.2) is 0 Å². The van der Waals surface area contributed by atoms with E-state index in [1.807, 2.05) is 18.2 Å². The summed E-state index contributed by atoms with van der Waals surface area (Å²) in [5.41, 5.74) is 1.60. The minimum Gasteiger partial charge on any atom is -0.391 e. The topological polar surface area (TPSA) is 44.0 Å². The monoisotopic (exact) mass is 267 g/mol. The van der Waals surface area contributed by atoms with Crippen LogP contribution in [0, 0.1) is 17.2 Å².